The van der Waals surface area contributed by atoms with Gasteiger partial charge in [-0.2, -0.15) is 5.10 Å². The van der Waals surface area contributed by atoms with Crippen LogP contribution in [0.2, 0.25) is 0 Å². The summed E-state index contributed by atoms with van der Waals surface area (Å²) in [4.78, 5) is 17.5. The number of hydrogen-bond acceptors (Lipinski definition) is 3. The maximum absolute atomic E-state index is 13.4. The summed E-state index contributed by atoms with van der Waals surface area (Å²) in [7, 11) is 0. The van der Waals surface area contributed by atoms with Crippen LogP contribution in [0.1, 0.15) is 49.7 Å². The van der Waals surface area contributed by atoms with Gasteiger partial charge in [-0.25, -0.2) is 4.39 Å². The zero-order valence-electron chi connectivity index (χ0n) is 17.2. The van der Waals surface area contributed by atoms with Crippen LogP contribution in [0.25, 0.3) is 0 Å². The third kappa shape index (κ3) is 3.09. The summed E-state index contributed by atoms with van der Waals surface area (Å²) >= 11 is 0. The van der Waals surface area contributed by atoms with Gasteiger partial charge >= 0.3 is 0 Å². The second kappa shape index (κ2) is 6.90. The minimum absolute atomic E-state index is 0.0186. The molecule has 28 heavy (non-hydrogen) atoms. The number of benzene rings is 1. The molecule has 2 aliphatic heterocycles. The van der Waals surface area contributed by atoms with Gasteiger partial charge in [-0.15, -0.1) is 0 Å². The van der Waals surface area contributed by atoms with E-state index in [2.05, 4.69) is 23.8 Å². The van der Waals surface area contributed by atoms with E-state index in [0.717, 1.165) is 43.9 Å². The first kappa shape index (κ1) is 19.0. The molecule has 2 fully saturated rings. The zero-order valence-corrected chi connectivity index (χ0v) is 17.2. The fourth-order valence-corrected chi connectivity index (χ4v) is 5.22. The third-order valence-electron chi connectivity index (χ3n) is 6.46. The highest BCUT2D eigenvalue weighted by molar-refractivity contribution is 5.95. The fourth-order valence-electron chi connectivity index (χ4n) is 5.22. The number of piperidine rings is 1. The quantitative estimate of drug-likeness (QED) is 0.807. The van der Waals surface area contributed by atoms with Crippen LogP contribution >= 0.6 is 0 Å². The summed E-state index contributed by atoms with van der Waals surface area (Å²) < 4.78 is 15.3. The van der Waals surface area contributed by atoms with Gasteiger partial charge in [0, 0.05) is 42.6 Å². The number of anilines is 1. The number of likely N-dealkylation sites (tertiary alicyclic amines) is 1. The van der Waals surface area contributed by atoms with Crippen LogP contribution in [-0.2, 0) is 6.54 Å². The first-order valence-corrected chi connectivity index (χ1v) is 10.2. The molecular formula is C22H29FN4O. The van der Waals surface area contributed by atoms with Crippen molar-refractivity contribution in [2.45, 2.75) is 58.7 Å². The topological polar surface area (TPSA) is 41.4 Å². The van der Waals surface area contributed by atoms with Crippen molar-refractivity contribution in [1.29, 1.82) is 0 Å². The lowest BCUT2D eigenvalue weighted by Gasteiger charge is -2.41. The minimum atomic E-state index is -0.208. The molecule has 2 aromatic rings. The molecule has 3 heterocycles. The lowest BCUT2D eigenvalue weighted by atomic mass is 9.89. The van der Waals surface area contributed by atoms with E-state index in [9.17, 15) is 9.18 Å². The number of carbonyl (C=O) groups is 1. The Morgan fingerprint density at radius 3 is 2.64 bits per heavy atom. The number of aryl methyl sites for hydroxylation is 1. The summed E-state index contributed by atoms with van der Waals surface area (Å²) in [6.07, 6.45) is 3.65. The Hall–Kier alpha value is -2.37. The molecule has 4 rings (SSSR count). The maximum atomic E-state index is 13.4. The Kier molecular flexibility index (Phi) is 4.68. The second-order valence-corrected chi connectivity index (χ2v) is 8.69. The molecule has 1 amide bonds. The normalized spacial score (nSPS) is 23.8. The summed E-state index contributed by atoms with van der Waals surface area (Å²) in [6, 6.07) is 7.19. The van der Waals surface area contributed by atoms with Gasteiger partial charge in [0.25, 0.3) is 5.91 Å². The summed E-state index contributed by atoms with van der Waals surface area (Å²) in [5.41, 5.74) is 2.70. The number of rotatable bonds is 3. The molecule has 1 aromatic heterocycles. The van der Waals surface area contributed by atoms with Crippen molar-refractivity contribution in [2.75, 3.05) is 18.0 Å². The molecule has 150 valence electrons. The summed E-state index contributed by atoms with van der Waals surface area (Å²) in [5, 5.41) is 4.33. The van der Waals surface area contributed by atoms with E-state index in [1.54, 1.807) is 6.20 Å². The van der Waals surface area contributed by atoms with Gasteiger partial charge in [-0.3, -0.25) is 9.48 Å². The van der Waals surface area contributed by atoms with Crippen molar-refractivity contribution in [1.82, 2.24) is 14.7 Å². The fraction of sp³-hybridized carbons (Fsp3) is 0.545. The summed E-state index contributed by atoms with van der Waals surface area (Å²) in [5.74, 6) is 0.300. The Labute approximate surface area is 166 Å². The van der Waals surface area contributed by atoms with E-state index in [0.29, 0.717) is 17.5 Å². The van der Waals surface area contributed by atoms with Gasteiger partial charge in [0.2, 0.25) is 0 Å². The van der Waals surface area contributed by atoms with Gasteiger partial charge in [0.1, 0.15) is 5.82 Å². The van der Waals surface area contributed by atoms with Crippen molar-refractivity contribution in [2.24, 2.45) is 5.92 Å². The molecule has 0 spiro atoms. The van der Waals surface area contributed by atoms with E-state index in [1.165, 1.54) is 12.1 Å². The van der Waals surface area contributed by atoms with Crippen LogP contribution in [-0.4, -0.2) is 45.3 Å². The molecule has 0 unspecified atom stereocenters. The first-order valence-electron chi connectivity index (χ1n) is 10.2. The van der Waals surface area contributed by atoms with Crippen LogP contribution in [0.15, 0.2) is 30.5 Å². The molecule has 2 saturated heterocycles. The molecule has 2 atom stereocenters. The molecule has 0 bridgehead atoms. The predicted octanol–water partition coefficient (Wildman–Crippen LogP) is 3.87. The number of hydrogen-bond donors (Lipinski definition) is 0. The van der Waals surface area contributed by atoms with E-state index in [4.69, 9.17) is 0 Å². The predicted molar refractivity (Wildman–Crippen MR) is 108 cm³/mol. The molecule has 0 aliphatic carbocycles. The molecule has 0 N–H and O–H groups in total. The lowest BCUT2D eigenvalue weighted by Crippen LogP contribution is -2.50. The number of carbonyl (C=O) groups excluding carboxylic acids is 1. The van der Waals surface area contributed by atoms with Crippen molar-refractivity contribution in [3.63, 3.8) is 0 Å². The molecule has 6 heteroatoms. The molecule has 2 aliphatic rings. The van der Waals surface area contributed by atoms with Crippen LogP contribution in [0, 0.1) is 18.7 Å². The average Bonchev–Trinajstić information content (AvgIpc) is 3.16. The van der Waals surface area contributed by atoms with Crippen LogP contribution in [0.5, 0.6) is 0 Å². The van der Waals surface area contributed by atoms with E-state index >= 15 is 0 Å². The maximum Gasteiger partial charge on any atom is 0.257 e. The first-order chi connectivity index (χ1) is 13.3. The number of fused-ring (bicyclic) bond motifs is 1. The highest BCUT2D eigenvalue weighted by atomic mass is 19.1. The second-order valence-electron chi connectivity index (χ2n) is 8.69. The van der Waals surface area contributed by atoms with Crippen molar-refractivity contribution in [3.05, 3.63) is 47.5 Å². The lowest BCUT2D eigenvalue weighted by molar-refractivity contribution is 0.0666. The number of halogens is 1. The third-order valence-corrected chi connectivity index (χ3v) is 6.46. The van der Waals surface area contributed by atoms with Crippen molar-refractivity contribution in [3.8, 4) is 0 Å². The highest BCUT2D eigenvalue weighted by Crippen LogP contribution is 2.44. The highest BCUT2D eigenvalue weighted by Gasteiger charge is 2.48. The van der Waals surface area contributed by atoms with Gasteiger partial charge in [-0.05, 0) is 70.7 Å². The van der Waals surface area contributed by atoms with Gasteiger partial charge in [-0.1, -0.05) is 0 Å². The number of amides is 1. The van der Waals surface area contributed by atoms with Gasteiger partial charge < -0.3 is 9.80 Å². The largest absolute Gasteiger partial charge is 0.363 e. The van der Waals surface area contributed by atoms with Crippen LogP contribution < -0.4 is 4.90 Å². The monoisotopic (exact) mass is 384 g/mol. The molecular weight excluding hydrogens is 355 g/mol. The standard InChI is InChI=1S/C22H29FN4O/c1-5-26-15(2)19(13-24-26)21(28)25-11-10-20-16(14-25)12-22(3,4)27(20)18-8-6-17(23)7-9-18/h6-9,13,16,20H,5,10-12,14H2,1-4H3/t16-,20+/m1/s1. The van der Waals surface area contributed by atoms with E-state index in [1.807, 2.05) is 35.6 Å². The Bertz CT molecular complexity index is 873. The molecule has 5 nitrogen and oxygen atoms in total. The van der Waals surface area contributed by atoms with Crippen LogP contribution in [0.3, 0.4) is 0 Å². The molecule has 1 aromatic carbocycles. The average molecular weight is 384 g/mol. The SMILES string of the molecule is CCn1ncc(C(=O)N2CC[C@H]3[C@@H](C2)CC(C)(C)N3c2ccc(F)cc2)c1C. The number of nitrogens with zero attached hydrogens (tertiary/aromatic N) is 4. The van der Waals surface area contributed by atoms with E-state index in [-0.39, 0.29) is 17.3 Å². The summed E-state index contributed by atoms with van der Waals surface area (Å²) in [6.45, 7) is 10.8. The Morgan fingerprint density at radius 1 is 1.29 bits per heavy atom. The molecule has 0 radical (unpaired) electrons. The Balaban J connectivity index is 1.54. The van der Waals surface area contributed by atoms with E-state index < -0.39 is 0 Å². The smallest absolute Gasteiger partial charge is 0.257 e. The van der Waals surface area contributed by atoms with Gasteiger partial charge in [0.05, 0.1) is 11.8 Å². The van der Waals surface area contributed by atoms with Crippen molar-refractivity contribution >= 4 is 11.6 Å². The van der Waals surface area contributed by atoms with Crippen LogP contribution in [0.4, 0.5) is 10.1 Å². The number of aromatic nitrogens is 2. The molecule has 0 saturated carbocycles. The van der Waals surface area contributed by atoms with Gasteiger partial charge in [0.15, 0.2) is 0 Å². The van der Waals surface area contributed by atoms with Crippen molar-refractivity contribution < 1.29 is 9.18 Å². The minimum Gasteiger partial charge on any atom is -0.363 e. The Morgan fingerprint density at radius 2 is 2.00 bits per heavy atom. The zero-order chi connectivity index (χ0) is 20.1.